The highest BCUT2D eigenvalue weighted by Gasteiger charge is 2.19. The van der Waals surface area contributed by atoms with Crippen LogP contribution in [0, 0.1) is 6.92 Å². The molecule has 0 aliphatic carbocycles. The molecule has 2 heterocycles. The number of carboxylic acids is 1. The summed E-state index contributed by atoms with van der Waals surface area (Å²) in [6.07, 6.45) is 2.30. The van der Waals surface area contributed by atoms with Crippen LogP contribution in [0.15, 0.2) is 6.33 Å². The largest absolute Gasteiger partial charge is 0.477 e. The number of hydrogen-bond acceptors (Lipinski definition) is 6. The molecule has 0 radical (unpaired) electrons. The minimum absolute atomic E-state index is 0.181. The number of ether oxygens (including phenoxy) is 1. The summed E-state index contributed by atoms with van der Waals surface area (Å²) in [5.74, 6) is -0.247. The van der Waals surface area contributed by atoms with Gasteiger partial charge in [0.2, 0.25) is 0 Å². The summed E-state index contributed by atoms with van der Waals surface area (Å²) in [6, 6.07) is 0.181. The number of thiophene rings is 1. The van der Waals surface area contributed by atoms with Gasteiger partial charge < -0.3 is 15.2 Å². The number of methoxy groups -OCH3 is 1. The summed E-state index contributed by atoms with van der Waals surface area (Å²) in [4.78, 5) is 20.6. The number of nitrogens with one attached hydrogen (secondary N) is 1. The Bertz CT molecular complexity index is 627. The van der Waals surface area contributed by atoms with E-state index in [0.717, 1.165) is 11.8 Å². The van der Waals surface area contributed by atoms with Gasteiger partial charge in [-0.25, -0.2) is 14.8 Å². The summed E-state index contributed by atoms with van der Waals surface area (Å²) in [5, 5.41) is 13.3. The third-order valence-corrected chi connectivity index (χ3v) is 4.25. The van der Waals surface area contributed by atoms with Crippen LogP contribution in [0.2, 0.25) is 0 Å². The highest BCUT2D eigenvalue weighted by molar-refractivity contribution is 7.20. The molecule has 0 saturated carbocycles. The summed E-state index contributed by atoms with van der Waals surface area (Å²) >= 11 is 1.18. The van der Waals surface area contributed by atoms with Crippen LogP contribution < -0.4 is 5.32 Å². The monoisotopic (exact) mass is 295 g/mol. The molecule has 0 saturated heterocycles. The minimum atomic E-state index is -0.927. The molecule has 0 aliphatic rings. The van der Waals surface area contributed by atoms with Gasteiger partial charge in [-0.05, 0) is 25.8 Å². The van der Waals surface area contributed by atoms with Crippen molar-refractivity contribution in [3.63, 3.8) is 0 Å². The van der Waals surface area contributed by atoms with Gasteiger partial charge in [0, 0.05) is 19.8 Å². The van der Waals surface area contributed by atoms with E-state index in [1.165, 1.54) is 17.7 Å². The first-order valence-electron chi connectivity index (χ1n) is 6.27. The fraction of sp³-hybridized carbons (Fsp3) is 0.462. The molecule has 6 nitrogen and oxygen atoms in total. The second-order valence-corrected chi connectivity index (χ2v) is 5.59. The van der Waals surface area contributed by atoms with Gasteiger partial charge in [-0.15, -0.1) is 11.3 Å². The average molecular weight is 295 g/mol. The van der Waals surface area contributed by atoms with Crippen molar-refractivity contribution in [2.24, 2.45) is 0 Å². The quantitative estimate of drug-likeness (QED) is 0.852. The number of nitrogens with zero attached hydrogens (tertiary/aromatic N) is 2. The lowest BCUT2D eigenvalue weighted by molar-refractivity contribution is 0.0701. The van der Waals surface area contributed by atoms with Crippen LogP contribution in [0.5, 0.6) is 0 Å². The Hall–Kier alpha value is -1.73. The van der Waals surface area contributed by atoms with E-state index in [1.807, 2.05) is 6.92 Å². The van der Waals surface area contributed by atoms with Crippen molar-refractivity contribution >= 4 is 33.3 Å². The van der Waals surface area contributed by atoms with Gasteiger partial charge in [-0.1, -0.05) is 0 Å². The number of rotatable bonds is 6. The summed E-state index contributed by atoms with van der Waals surface area (Å²) < 4.78 is 5.05. The zero-order valence-electron chi connectivity index (χ0n) is 11.6. The predicted molar refractivity (Wildman–Crippen MR) is 78.7 cm³/mol. The topological polar surface area (TPSA) is 84.3 Å². The maximum absolute atomic E-state index is 11.2. The Morgan fingerprint density at radius 2 is 2.30 bits per heavy atom. The zero-order valence-corrected chi connectivity index (χ0v) is 12.5. The normalized spacial score (nSPS) is 12.6. The molecule has 2 aromatic rings. The van der Waals surface area contributed by atoms with Crippen LogP contribution >= 0.6 is 11.3 Å². The van der Waals surface area contributed by atoms with Gasteiger partial charge in [0.25, 0.3) is 0 Å². The molecule has 0 aromatic carbocycles. The Kier molecular flexibility index (Phi) is 4.51. The van der Waals surface area contributed by atoms with E-state index < -0.39 is 5.97 Å². The second-order valence-electron chi connectivity index (χ2n) is 4.59. The van der Waals surface area contributed by atoms with E-state index in [2.05, 4.69) is 15.3 Å². The van der Waals surface area contributed by atoms with Crippen LogP contribution in [0.1, 0.15) is 28.6 Å². The van der Waals surface area contributed by atoms with Crippen LogP contribution in [-0.4, -0.2) is 40.8 Å². The van der Waals surface area contributed by atoms with Gasteiger partial charge in [-0.3, -0.25) is 0 Å². The van der Waals surface area contributed by atoms with Crippen LogP contribution in [-0.2, 0) is 4.74 Å². The van der Waals surface area contributed by atoms with E-state index in [-0.39, 0.29) is 6.04 Å². The molecule has 1 unspecified atom stereocenters. The van der Waals surface area contributed by atoms with E-state index in [4.69, 9.17) is 4.74 Å². The van der Waals surface area contributed by atoms with Gasteiger partial charge in [-0.2, -0.15) is 0 Å². The Balaban J connectivity index is 2.36. The fourth-order valence-electron chi connectivity index (χ4n) is 1.99. The van der Waals surface area contributed by atoms with Crippen molar-refractivity contribution in [3.8, 4) is 0 Å². The highest BCUT2D eigenvalue weighted by Crippen LogP contribution is 2.33. The highest BCUT2D eigenvalue weighted by atomic mass is 32.1. The number of anilines is 1. The van der Waals surface area contributed by atoms with E-state index in [1.54, 1.807) is 14.0 Å². The molecule has 0 fully saturated rings. The molecule has 1 atom stereocenters. The first-order chi connectivity index (χ1) is 9.54. The second kappa shape index (κ2) is 6.15. The number of aromatic carboxylic acids is 1. The average Bonchev–Trinajstić information content (AvgIpc) is 2.75. The summed E-state index contributed by atoms with van der Waals surface area (Å²) in [7, 11) is 1.66. The molecular formula is C13H17N3O3S. The molecule has 7 heteroatoms. The van der Waals surface area contributed by atoms with Crippen molar-refractivity contribution in [3.05, 3.63) is 16.8 Å². The lowest BCUT2D eigenvalue weighted by atomic mass is 10.2. The van der Waals surface area contributed by atoms with Gasteiger partial charge in [0.05, 0.1) is 5.39 Å². The standard InChI is InChI=1S/C13H17N3O3S/c1-7(4-5-19-3)16-11-9-8(2)10(13(17)18)20-12(9)15-6-14-11/h6-7H,4-5H2,1-3H3,(H,17,18)(H,14,15,16). The molecule has 2 aromatic heterocycles. The molecule has 20 heavy (non-hydrogen) atoms. The molecule has 2 N–H and O–H groups in total. The summed E-state index contributed by atoms with van der Waals surface area (Å²) in [5.41, 5.74) is 0.708. The third kappa shape index (κ3) is 2.88. The van der Waals surface area contributed by atoms with Gasteiger partial charge >= 0.3 is 5.97 Å². The van der Waals surface area contributed by atoms with Crippen molar-refractivity contribution in [1.82, 2.24) is 9.97 Å². The van der Waals surface area contributed by atoms with Crippen LogP contribution in [0.25, 0.3) is 10.2 Å². The molecule has 108 valence electrons. The van der Waals surface area contributed by atoms with Crippen molar-refractivity contribution in [1.29, 1.82) is 0 Å². The van der Waals surface area contributed by atoms with Crippen molar-refractivity contribution in [2.75, 3.05) is 19.0 Å². The Morgan fingerprint density at radius 3 is 2.95 bits per heavy atom. The number of fused-ring (bicyclic) bond motifs is 1. The number of aryl methyl sites for hydroxylation is 1. The van der Waals surface area contributed by atoms with E-state index in [9.17, 15) is 9.90 Å². The number of carboxylic acid groups (broad SMARTS) is 1. The smallest absolute Gasteiger partial charge is 0.346 e. The number of hydrogen-bond donors (Lipinski definition) is 2. The lowest BCUT2D eigenvalue weighted by Gasteiger charge is -2.14. The molecule has 0 bridgehead atoms. The number of carbonyl (C=O) groups is 1. The zero-order chi connectivity index (χ0) is 14.7. The van der Waals surface area contributed by atoms with Crippen molar-refractivity contribution < 1.29 is 14.6 Å². The minimum Gasteiger partial charge on any atom is -0.477 e. The molecule has 0 amide bonds. The maximum Gasteiger partial charge on any atom is 0.346 e. The van der Waals surface area contributed by atoms with E-state index in [0.29, 0.717) is 27.7 Å². The van der Waals surface area contributed by atoms with Gasteiger partial charge in [0.15, 0.2) is 0 Å². The molecular weight excluding hydrogens is 278 g/mol. The van der Waals surface area contributed by atoms with Crippen LogP contribution in [0.3, 0.4) is 0 Å². The van der Waals surface area contributed by atoms with Gasteiger partial charge in [0.1, 0.15) is 21.9 Å². The first-order valence-corrected chi connectivity index (χ1v) is 7.09. The molecule has 0 aliphatic heterocycles. The Labute approximate surface area is 120 Å². The number of aromatic nitrogens is 2. The molecule has 0 spiro atoms. The van der Waals surface area contributed by atoms with Crippen molar-refractivity contribution in [2.45, 2.75) is 26.3 Å². The Morgan fingerprint density at radius 1 is 1.55 bits per heavy atom. The molecule has 2 rings (SSSR count). The maximum atomic E-state index is 11.2. The predicted octanol–water partition coefficient (Wildman–Crippen LogP) is 2.53. The fourth-order valence-corrected chi connectivity index (χ4v) is 2.97. The summed E-state index contributed by atoms with van der Waals surface area (Å²) in [6.45, 7) is 4.48. The first kappa shape index (κ1) is 14.7. The van der Waals surface area contributed by atoms with E-state index >= 15 is 0 Å². The lowest BCUT2D eigenvalue weighted by Crippen LogP contribution is -2.18. The SMILES string of the molecule is COCCC(C)Nc1ncnc2sc(C(=O)O)c(C)c12. The van der Waals surface area contributed by atoms with Crippen LogP contribution in [0.4, 0.5) is 5.82 Å². The third-order valence-electron chi connectivity index (χ3n) is 3.06.